The van der Waals surface area contributed by atoms with Gasteiger partial charge < -0.3 is 10.2 Å². The Hall–Kier alpha value is -2.08. The fourth-order valence-electron chi connectivity index (χ4n) is 1.69. The molecule has 23 heavy (non-hydrogen) atoms. The molecule has 2 radical (unpaired) electrons. The molecule has 0 unspecified atom stereocenters. The Morgan fingerprint density at radius 2 is 1.09 bits per heavy atom. The topological polar surface area (TPSA) is 74.6 Å². The molecule has 0 aliphatic heterocycles. The summed E-state index contributed by atoms with van der Waals surface area (Å²) in [4.78, 5) is 19.1. The number of carbonyl (C=O) groups is 2. The number of hydrogen-bond acceptors (Lipinski definition) is 2. The maximum atomic E-state index is 9.55. The second-order valence-electron chi connectivity index (χ2n) is 4.58. The average molecular weight is 417 g/mol. The molecular formula is C18H18O4Sn. The van der Waals surface area contributed by atoms with Crippen LogP contribution in [0, 0.1) is 0 Å². The van der Waals surface area contributed by atoms with E-state index < -0.39 is 11.9 Å². The van der Waals surface area contributed by atoms with Crippen LogP contribution in [0.3, 0.4) is 0 Å². The standard InChI is InChI=1S/2C7H7.C4H4O4.Sn/c2*1-7-5-3-2-4-6-7;5-3(6)1-2-4(7)8;/h2*2-6H,1H2;1-2H,(H,5,6)(H,7,8);. The van der Waals surface area contributed by atoms with E-state index in [0.717, 1.165) is 0 Å². The molecule has 2 rings (SSSR count). The van der Waals surface area contributed by atoms with Crippen LogP contribution in [0.5, 0.6) is 0 Å². The van der Waals surface area contributed by atoms with E-state index in [-0.39, 0.29) is 21.1 Å². The van der Waals surface area contributed by atoms with Crippen molar-refractivity contribution in [1.29, 1.82) is 0 Å². The van der Waals surface area contributed by atoms with Gasteiger partial charge in [-0.1, -0.05) is 0 Å². The van der Waals surface area contributed by atoms with E-state index in [1.165, 1.54) is 20.0 Å². The second kappa shape index (κ2) is 11.5. The van der Waals surface area contributed by atoms with E-state index >= 15 is 0 Å². The minimum atomic E-state index is -1.26. The monoisotopic (exact) mass is 418 g/mol. The Morgan fingerprint density at radius 3 is 1.39 bits per heavy atom. The van der Waals surface area contributed by atoms with E-state index in [1.54, 1.807) is 0 Å². The SMILES string of the molecule is O=C(O)C=CC(=O)O.c1ccc([CH2][Sn][CH2]c2ccccc2)cc1. The van der Waals surface area contributed by atoms with E-state index in [2.05, 4.69) is 60.7 Å². The number of carboxylic acids is 2. The van der Waals surface area contributed by atoms with Crippen LogP contribution < -0.4 is 0 Å². The predicted octanol–water partition coefficient (Wildman–Crippen LogP) is 2.80. The molecule has 0 atom stereocenters. The van der Waals surface area contributed by atoms with Gasteiger partial charge in [0, 0.05) is 12.2 Å². The van der Waals surface area contributed by atoms with E-state index in [0.29, 0.717) is 12.2 Å². The summed E-state index contributed by atoms with van der Waals surface area (Å²) in [5.74, 6) is -2.51. The van der Waals surface area contributed by atoms with Crippen molar-refractivity contribution >= 4 is 33.1 Å². The molecule has 0 aromatic heterocycles. The third-order valence-corrected chi connectivity index (χ3v) is 6.47. The van der Waals surface area contributed by atoms with Gasteiger partial charge in [-0.3, -0.25) is 0 Å². The molecule has 0 fully saturated rings. The zero-order valence-electron chi connectivity index (χ0n) is 12.6. The van der Waals surface area contributed by atoms with Crippen LogP contribution in [0.4, 0.5) is 0 Å². The zero-order valence-corrected chi connectivity index (χ0v) is 15.4. The van der Waals surface area contributed by atoms with E-state index in [4.69, 9.17) is 10.2 Å². The molecule has 0 bridgehead atoms. The Morgan fingerprint density at radius 1 is 0.739 bits per heavy atom. The van der Waals surface area contributed by atoms with Gasteiger partial charge in [-0.2, -0.15) is 0 Å². The summed E-state index contributed by atoms with van der Waals surface area (Å²) in [5.41, 5.74) is 3.03. The van der Waals surface area contributed by atoms with Crippen molar-refractivity contribution < 1.29 is 19.8 Å². The van der Waals surface area contributed by atoms with Gasteiger partial charge in [0.2, 0.25) is 0 Å². The van der Waals surface area contributed by atoms with Crippen molar-refractivity contribution in [2.45, 2.75) is 8.87 Å². The fraction of sp³-hybridized carbons (Fsp3) is 0.111. The van der Waals surface area contributed by atoms with E-state index in [9.17, 15) is 9.59 Å². The van der Waals surface area contributed by atoms with Crippen LogP contribution in [0.1, 0.15) is 11.1 Å². The summed E-state index contributed by atoms with van der Waals surface area (Å²) in [5, 5.41) is 15.6. The number of carboxylic acid groups (broad SMARTS) is 2. The van der Waals surface area contributed by atoms with Crippen LogP contribution in [-0.2, 0) is 18.5 Å². The number of rotatable bonds is 6. The van der Waals surface area contributed by atoms with Crippen LogP contribution in [0.25, 0.3) is 0 Å². The Balaban J connectivity index is 0.000000284. The first-order valence-corrected chi connectivity index (χ1v) is 11.0. The third kappa shape index (κ3) is 10.3. The van der Waals surface area contributed by atoms with Crippen molar-refractivity contribution in [1.82, 2.24) is 0 Å². The molecule has 0 aliphatic carbocycles. The molecule has 0 aliphatic rings. The van der Waals surface area contributed by atoms with Gasteiger partial charge in [-0.15, -0.1) is 0 Å². The predicted molar refractivity (Wildman–Crippen MR) is 90.5 cm³/mol. The summed E-state index contributed by atoms with van der Waals surface area (Å²) in [7, 11) is 0. The Bertz CT molecular complexity index is 568. The summed E-state index contributed by atoms with van der Waals surface area (Å²) in [6, 6.07) is 21.7. The summed E-state index contributed by atoms with van der Waals surface area (Å²) in [6.45, 7) is 0. The molecule has 0 amide bonds. The molecule has 2 N–H and O–H groups in total. The van der Waals surface area contributed by atoms with Crippen molar-refractivity contribution in [3.8, 4) is 0 Å². The average Bonchev–Trinajstić information content (AvgIpc) is 2.56. The molecule has 118 valence electrons. The molecule has 4 nitrogen and oxygen atoms in total. The van der Waals surface area contributed by atoms with Crippen molar-refractivity contribution in [3.63, 3.8) is 0 Å². The van der Waals surface area contributed by atoms with Gasteiger partial charge in [0.05, 0.1) is 0 Å². The molecule has 0 spiro atoms. The first kappa shape index (κ1) is 19.0. The summed E-state index contributed by atoms with van der Waals surface area (Å²) in [6.07, 6.45) is 1.12. The minimum absolute atomic E-state index is 0.258. The molecule has 0 heterocycles. The second-order valence-corrected chi connectivity index (χ2v) is 8.03. The molecule has 2 aromatic rings. The van der Waals surface area contributed by atoms with Crippen molar-refractivity contribution in [2.24, 2.45) is 0 Å². The van der Waals surface area contributed by atoms with Crippen LogP contribution in [0.15, 0.2) is 72.8 Å². The number of hydrogen-bond donors (Lipinski definition) is 2. The van der Waals surface area contributed by atoms with Gasteiger partial charge in [0.25, 0.3) is 0 Å². The molecule has 0 saturated heterocycles. The third-order valence-electron chi connectivity index (χ3n) is 2.71. The molecule has 5 heteroatoms. The van der Waals surface area contributed by atoms with Gasteiger partial charge >= 0.3 is 114 Å². The van der Waals surface area contributed by atoms with Gasteiger partial charge in [-0.05, 0) is 0 Å². The van der Waals surface area contributed by atoms with Gasteiger partial charge in [-0.25, -0.2) is 9.59 Å². The molecule has 2 aromatic carbocycles. The van der Waals surface area contributed by atoms with Crippen LogP contribution >= 0.6 is 0 Å². The van der Waals surface area contributed by atoms with Crippen molar-refractivity contribution in [2.75, 3.05) is 0 Å². The zero-order chi connectivity index (χ0) is 16.9. The maximum absolute atomic E-state index is 9.55. The van der Waals surface area contributed by atoms with Crippen LogP contribution in [0.2, 0.25) is 0 Å². The van der Waals surface area contributed by atoms with E-state index in [1.807, 2.05) is 0 Å². The Kier molecular flexibility index (Phi) is 9.47. The summed E-state index contributed by atoms with van der Waals surface area (Å²) >= 11 is -0.258. The quantitative estimate of drug-likeness (QED) is 0.560. The summed E-state index contributed by atoms with van der Waals surface area (Å²) < 4.78 is 2.69. The van der Waals surface area contributed by atoms with Gasteiger partial charge in [0.15, 0.2) is 0 Å². The molecular weight excluding hydrogens is 399 g/mol. The number of benzene rings is 2. The number of aliphatic carboxylic acids is 2. The van der Waals surface area contributed by atoms with Gasteiger partial charge in [0.1, 0.15) is 0 Å². The van der Waals surface area contributed by atoms with Crippen LogP contribution in [-0.4, -0.2) is 43.3 Å². The first-order valence-electron chi connectivity index (χ1n) is 7.00. The normalized spacial score (nSPS) is 9.91. The molecule has 0 saturated carbocycles. The fourth-order valence-corrected chi connectivity index (χ4v) is 5.04. The first-order chi connectivity index (χ1) is 11.1. The Labute approximate surface area is 145 Å². The van der Waals surface area contributed by atoms with Crippen molar-refractivity contribution in [3.05, 3.63) is 83.9 Å².